The SMILES string of the molecule is Nc1cc(Cl)ccc1C(=O)NCC1CN(Cc2ccccc2)CCO1. The molecular weight excluding hydrogens is 338 g/mol. The zero-order chi connectivity index (χ0) is 17.6. The molecule has 1 fully saturated rings. The summed E-state index contributed by atoms with van der Waals surface area (Å²) in [6.07, 6.45) is -0.0325. The molecule has 6 heteroatoms. The molecule has 2 aromatic rings. The fraction of sp³-hybridized carbons (Fsp3) is 0.316. The van der Waals surface area contributed by atoms with Crippen molar-refractivity contribution in [2.75, 3.05) is 32.0 Å². The van der Waals surface area contributed by atoms with Crippen LogP contribution in [0.3, 0.4) is 0 Å². The lowest BCUT2D eigenvalue weighted by Gasteiger charge is -2.33. The molecule has 1 heterocycles. The van der Waals surface area contributed by atoms with Crippen LogP contribution in [0.2, 0.25) is 5.02 Å². The van der Waals surface area contributed by atoms with E-state index in [2.05, 4.69) is 22.3 Å². The van der Waals surface area contributed by atoms with E-state index in [4.69, 9.17) is 22.1 Å². The van der Waals surface area contributed by atoms with E-state index in [1.807, 2.05) is 18.2 Å². The zero-order valence-corrected chi connectivity index (χ0v) is 14.7. The van der Waals surface area contributed by atoms with E-state index in [1.165, 1.54) is 5.56 Å². The van der Waals surface area contributed by atoms with Gasteiger partial charge in [0, 0.05) is 36.9 Å². The Morgan fingerprint density at radius 2 is 2.08 bits per heavy atom. The van der Waals surface area contributed by atoms with Gasteiger partial charge in [0.15, 0.2) is 0 Å². The molecule has 25 heavy (non-hydrogen) atoms. The summed E-state index contributed by atoms with van der Waals surface area (Å²) in [5.41, 5.74) is 7.94. The molecule has 1 unspecified atom stereocenters. The minimum atomic E-state index is -0.210. The van der Waals surface area contributed by atoms with E-state index >= 15 is 0 Å². The van der Waals surface area contributed by atoms with Crippen molar-refractivity contribution < 1.29 is 9.53 Å². The van der Waals surface area contributed by atoms with Crippen LogP contribution in [0.4, 0.5) is 5.69 Å². The summed E-state index contributed by atoms with van der Waals surface area (Å²) in [6.45, 7) is 3.68. The van der Waals surface area contributed by atoms with Crippen molar-refractivity contribution in [1.29, 1.82) is 0 Å². The van der Waals surface area contributed by atoms with Gasteiger partial charge in [-0.15, -0.1) is 0 Å². The molecule has 3 rings (SSSR count). The lowest BCUT2D eigenvalue weighted by Crippen LogP contribution is -2.47. The standard InChI is InChI=1S/C19H22ClN3O2/c20-15-6-7-17(18(21)10-15)19(24)22-11-16-13-23(8-9-25-16)12-14-4-2-1-3-5-14/h1-7,10,16H,8-9,11-13,21H2,(H,22,24). The number of nitrogens with one attached hydrogen (secondary N) is 1. The minimum absolute atomic E-state index is 0.0325. The van der Waals surface area contributed by atoms with Crippen LogP contribution in [0.5, 0.6) is 0 Å². The summed E-state index contributed by atoms with van der Waals surface area (Å²) in [4.78, 5) is 14.6. The third kappa shape index (κ3) is 4.95. The van der Waals surface area contributed by atoms with Gasteiger partial charge < -0.3 is 15.8 Å². The molecule has 0 radical (unpaired) electrons. The molecule has 0 bridgehead atoms. The highest BCUT2D eigenvalue weighted by Gasteiger charge is 2.21. The van der Waals surface area contributed by atoms with Gasteiger partial charge >= 0.3 is 0 Å². The summed E-state index contributed by atoms with van der Waals surface area (Å²) in [5, 5.41) is 3.41. The van der Waals surface area contributed by atoms with Crippen LogP contribution in [0.15, 0.2) is 48.5 Å². The van der Waals surface area contributed by atoms with Crippen molar-refractivity contribution in [3.63, 3.8) is 0 Å². The number of rotatable bonds is 5. The Morgan fingerprint density at radius 1 is 1.28 bits per heavy atom. The fourth-order valence-corrected chi connectivity index (χ4v) is 3.11. The van der Waals surface area contributed by atoms with Crippen molar-refractivity contribution in [3.8, 4) is 0 Å². The van der Waals surface area contributed by atoms with Gasteiger partial charge in [0.2, 0.25) is 0 Å². The Hall–Kier alpha value is -2.08. The molecule has 1 aliphatic rings. The Morgan fingerprint density at radius 3 is 2.84 bits per heavy atom. The van der Waals surface area contributed by atoms with E-state index < -0.39 is 0 Å². The first-order valence-corrected chi connectivity index (χ1v) is 8.71. The Labute approximate surface area is 152 Å². The number of carbonyl (C=O) groups is 1. The molecule has 0 saturated carbocycles. The Kier molecular flexibility index (Phi) is 5.91. The van der Waals surface area contributed by atoms with E-state index in [0.717, 1.165) is 19.6 Å². The van der Waals surface area contributed by atoms with Crippen molar-refractivity contribution in [3.05, 3.63) is 64.7 Å². The zero-order valence-electron chi connectivity index (χ0n) is 14.0. The van der Waals surface area contributed by atoms with Gasteiger partial charge in [0.25, 0.3) is 5.91 Å². The topological polar surface area (TPSA) is 67.6 Å². The number of nitrogens with two attached hydrogens (primary N) is 1. The highest BCUT2D eigenvalue weighted by molar-refractivity contribution is 6.31. The molecule has 1 aliphatic heterocycles. The predicted octanol–water partition coefficient (Wildman–Crippen LogP) is 2.55. The van der Waals surface area contributed by atoms with Crippen molar-refractivity contribution >= 4 is 23.2 Å². The normalized spacial score (nSPS) is 18.0. The van der Waals surface area contributed by atoms with Gasteiger partial charge in [-0.3, -0.25) is 9.69 Å². The lowest BCUT2D eigenvalue weighted by atomic mass is 10.1. The smallest absolute Gasteiger partial charge is 0.253 e. The van der Waals surface area contributed by atoms with Crippen molar-refractivity contribution in [2.45, 2.75) is 12.6 Å². The van der Waals surface area contributed by atoms with E-state index in [1.54, 1.807) is 18.2 Å². The second-order valence-electron chi connectivity index (χ2n) is 6.16. The molecule has 3 N–H and O–H groups in total. The van der Waals surface area contributed by atoms with Crippen LogP contribution < -0.4 is 11.1 Å². The number of anilines is 1. The number of halogens is 1. The summed E-state index contributed by atoms with van der Waals surface area (Å²) in [6, 6.07) is 15.2. The van der Waals surface area contributed by atoms with Gasteiger partial charge in [-0.25, -0.2) is 0 Å². The first kappa shape index (κ1) is 17.7. The lowest BCUT2D eigenvalue weighted by molar-refractivity contribution is -0.0292. The second kappa shape index (κ2) is 8.34. The fourth-order valence-electron chi connectivity index (χ4n) is 2.93. The number of morpholine rings is 1. The summed E-state index contributed by atoms with van der Waals surface area (Å²) < 4.78 is 5.77. The maximum atomic E-state index is 12.3. The summed E-state index contributed by atoms with van der Waals surface area (Å²) >= 11 is 5.87. The number of amides is 1. The third-order valence-corrected chi connectivity index (χ3v) is 4.46. The Balaban J connectivity index is 1.51. The van der Waals surface area contributed by atoms with Crippen LogP contribution in [0.25, 0.3) is 0 Å². The number of carbonyl (C=O) groups excluding carboxylic acids is 1. The van der Waals surface area contributed by atoms with Gasteiger partial charge in [0.1, 0.15) is 0 Å². The molecule has 0 spiro atoms. The van der Waals surface area contributed by atoms with Crippen molar-refractivity contribution in [2.24, 2.45) is 0 Å². The van der Waals surface area contributed by atoms with E-state index in [9.17, 15) is 4.79 Å². The quantitative estimate of drug-likeness (QED) is 0.805. The first-order valence-electron chi connectivity index (χ1n) is 8.33. The molecule has 5 nitrogen and oxygen atoms in total. The van der Waals surface area contributed by atoms with Crippen LogP contribution in [-0.4, -0.2) is 43.2 Å². The monoisotopic (exact) mass is 359 g/mol. The number of hydrogen-bond donors (Lipinski definition) is 2. The third-order valence-electron chi connectivity index (χ3n) is 4.22. The second-order valence-corrected chi connectivity index (χ2v) is 6.59. The number of nitrogens with zero attached hydrogens (tertiary/aromatic N) is 1. The minimum Gasteiger partial charge on any atom is -0.398 e. The largest absolute Gasteiger partial charge is 0.398 e. The van der Waals surface area contributed by atoms with Crippen LogP contribution >= 0.6 is 11.6 Å². The molecule has 1 saturated heterocycles. The highest BCUT2D eigenvalue weighted by atomic mass is 35.5. The van der Waals surface area contributed by atoms with E-state index in [0.29, 0.717) is 29.4 Å². The molecule has 1 amide bonds. The van der Waals surface area contributed by atoms with Crippen LogP contribution in [-0.2, 0) is 11.3 Å². The maximum Gasteiger partial charge on any atom is 0.253 e. The molecule has 2 aromatic carbocycles. The first-order chi connectivity index (χ1) is 12.1. The number of hydrogen-bond acceptors (Lipinski definition) is 4. The predicted molar refractivity (Wildman–Crippen MR) is 99.7 cm³/mol. The van der Waals surface area contributed by atoms with Gasteiger partial charge in [-0.05, 0) is 23.8 Å². The van der Waals surface area contributed by atoms with E-state index in [-0.39, 0.29) is 12.0 Å². The van der Waals surface area contributed by atoms with Crippen LogP contribution in [0.1, 0.15) is 15.9 Å². The highest BCUT2D eigenvalue weighted by Crippen LogP contribution is 2.18. The maximum absolute atomic E-state index is 12.3. The van der Waals surface area contributed by atoms with Crippen LogP contribution in [0, 0.1) is 0 Å². The molecule has 0 aromatic heterocycles. The average Bonchev–Trinajstić information content (AvgIpc) is 2.61. The number of benzene rings is 2. The van der Waals surface area contributed by atoms with Gasteiger partial charge in [-0.2, -0.15) is 0 Å². The number of ether oxygens (including phenoxy) is 1. The average molecular weight is 360 g/mol. The summed E-state index contributed by atoms with van der Waals surface area (Å²) in [7, 11) is 0. The summed E-state index contributed by atoms with van der Waals surface area (Å²) in [5.74, 6) is -0.210. The molecule has 132 valence electrons. The Bertz CT molecular complexity index is 724. The van der Waals surface area contributed by atoms with Gasteiger partial charge in [-0.1, -0.05) is 41.9 Å². The number of nitrogen functional groups attached to an aromatic ring is 1. The molecule has 1 atom stereocenters. The molecular formula is C19H22ClN3O2. The van der Waals surface area contributed by atoms with Crippen molar-refractivity contribution in [1.82, 2.24) is 10.2 Å². The van der Waals surface area contributed by atoms with Gasteiger partial charge in [0.05, 0.1) is 18.3 Å². The molecule has 0 aliphatic carbocycles.